The first-order chi connectivity index (χ1) is 9.18. The van der Waals surface area contributed by atoms with E-state index >= 15 is 0 Å². The maximum atomic E-state index is 12.1. The number of aliphatic carboxylic acids is 1. The molecular weight excluding hydrogens is 242 g/mol. The molecule has 0 radical (unpaired) electrons. The molecule has 1 aliphatic heterocycles. The van der Waals surface area contributed by atoms with Crippen LogP contribution in [0.15, 0.2) is 30.3 Å². The van der Waals surface area contributed by atoms with E-state index in [-0.39, 0.29) is 5.91 Å². The van der Waals surface area contributed by atoms with Gasteiger partial charge in [-0.05, 0) is 31.2 Å². The molecule has 1 atom stereocenters. The second-order valence-electron chi connectivity index (χ2n) is 4.92. The Balaban J connectivity index is 1.93. The average molecular weight is 261 g/mol. The minimum Gasteiger partial charge on any atom is -0.480 e. The first-order valence-electron chi connectivity index (χ1n) is 6.74. The largest absolute Gasteiger partial charge is 0.480 e. The lowest BCUT2D eigenvalue weighted by Gasteiger charge is -2.33. The van der Waals surface area contributed by atoms with Crippen molar-refractivity contribution in [1.82, 2.24) is 4.90 Å². The third kappa shape index (κ3) is 3.56. The van der Waals surface area contributed by atoms with Gasteiger partial charge < -0.3 is 10.0 Å². The van der Waals surface area contributed by atoms with E-state index in [1.54, 1.807) is 0 Å². The molecule has 1 amide bonds. The molecule has 1 aromatic carbocycles. The van der Waals surface area contributed by atoms with Gasteiger partial charge in [-0.1, -0.05) is 30.3 Å². The zero-order valence-electron chi connectivity index (χ0n) is 10.9. The summed E-state index contributed by atoms with van der Waals surface area (Å²) in [5, 5.41) is 9.15. The molecule has 0 aromatic heterocycles. The summed E-state index contributed by atoms with van der Waals surface area (Å²) in [6.07, 6.45) is 3.42. The molecule has 0 unspecified atom stereocenters. The number of carboxylic acids is 1. The van der Waals surface area contributed by atoms with Crippen molar-refractivity contribution in [3.8, 4) is 0 Å². The first-order valence-corrected chi connectivity index (χ1v) is 6.74. The van der Waals surface area contributed by atoms with Crippen LogP contribution in [-0.2, 0) is 16.0 Å². The SMILES string of the molecule is O=C(O)[C@H]1CCCCN1C(=O)CCc1ccccc1. The van der Waals surface area contributed by atoms with Crippen LogP contribution >= 0.6 is 0 Å². The highest BCUT2D eigenvalue weighted by Crippen LogP contribution is 2.18. The van der Waals surface area contributed by atoms with Crippen molar-refractivity contribution in [3.05, 3.63) is 35.9 Å². The highest BCUT2D eigenvalue weighted by Gasteiger charge is 2.31. The van der Waals surface area contributed by atoms with Gasteiger partial charge in [-0.2, -0.15) is 0 Å². The number of piperidine rings is 1. The van der Waals surface area contributed by atoms with Gasteiger partial charge in [-0.15, -0.1) is 0 Å². The van der Waals surface area contributed by atoms with Crippen LogP contribution in [0, 0.1) is 0 Å². The molecule has 1 heterocycles. The van der Waals surface area contributed by atoms with Gasteiger partial charge in [0.15, 0.2) is 0 Å². The summed E-state index contributed by atoms with van der Waals surface area (Å²) >= 11 is 0. The van der Waals surface area contributed by atoms with E-state index in [0.29, 0.717) is 25.8 Å². The number of hydrogen-bond donors (Lipinski definition) is 1. The molecular formula is C15H19NO3. The first kappa shape index (κ1) is 13.6. The van der Waals surface area contributed by atoms with Crippen LogP contribution in [0.2, 0.25) is 0 Å². The summed E-state index contributed by atoms with van der Waals surface area (Å²) in [7, 11) is 0. The fourth-order valence-electron chi connectivity index (χ4n) is 2.53. The molecule has 0 saturated carbocycles. The van der Waals surface area contributed by atoms with Crippen molar-refractivity contribution in [2.45, 2.75) is 38.1 Å². The van der Waals surface area contributed by atoms with E-state index in [2.05, 4.69) is 0 Å². The Morgan fingerprint density at radius 1 is 1.21 bits per heavy atom. The van der Waals surface area contributed by atoms with E-state index < -0.39 is 12.0 Å². The highest BCUT2D eigenvalue weighted by molar-refractivity contribution is 5.84. The van der Waals surface area contributed by atoms with E-state index in [0.717, 1.165) is 18.4 Å². The van der Waals surface area contributed by atoms with Crippen LogP contribution in [0.5, 0.6) is 0 Å². The molecule has 1 aromatic rings. The summed E-state index contributed by atoms with van der Waals surface area (Å²) < 4.78 is 0. The Morgan fingerprint density at radius 2 is 1.95 bits per heavy atom. The molecule has 1 aliphatic rings. The van der Waals surface area contributed by atoms with Crippen LogP contribution in [0.4, 0.5) is 0 Å². The number of carbonyl (C=O) groups excluding carboxylic acids is 1. The Morgan fingerprint density at radius 3 is 2.63 bits per heavy atom. The van der Waals surface area contributed by atoms with Gasteiger partial charge in [0.1, 0.15) is 6.04 Å². The quantitative estimate of drug-likeness (QED) is 0.902. The normalized spacial score (nSPS) is 19.2. The molecule has 4 heteroatoms. The van der Waals surface area contributed by atoms with Crippen molar-refractivity contribution in [3.63, 3.8) is 0 Å². The zero-order chi connectivity index (χ0) is 13.7. The Kier molecular flexibility index (Phi) is 4.55. The molecule has 1 saturated heterocycles. The second kappa shape index (κ2) is 6.36. The molecule has 19 heavy (non-hydrogen) atoms. The zero-order valence-corrected chi connectivity index (χ0v) is 10.9. The third-order valence-corrected chi connectivity index (χ3v) is 3.58. The Bertz CT molecular complexity index is 444. The van der Waals surface area contributed by atoms with E-state index in [1.165, 1.54) is 4.90 Å². The standard InChI is InChI=1S/C15H19NO3/c17-14(10-9-12-6-2-1-3-7-12)16-11-5-4-8-13(16)15(18)19/h1-3,6-7,13H,4-5,8-11H2,(H,18,19)/t13-/m1/s1. The third-order valence-electron chi connectivity index (χ3n) is 3.58. The van der Waals surface area contributed by atoms with E-state index in [4.69, 9.17) is 5.11 Å². The predicted octanol–water partition coefficient (Wildman–Crippen LogP) is 2.08. The van der Waals surface area contributed by atoms with Crippen molar-refractivity contribution >= 4 is 11.9 Å². The number of carboxylic acid groups (broad SMARTS) is 1. The lowest BCUT2D eigenvalue weighted by atomic mass is 10.0. The van der Waals surface area contributed by atoms with Crippen molar-refractivity contribution in [2.24, 2.45) is 0 Å². The average Bonchev–Trinajstić information content (AvgIpc) is 2.46. The summed E-state index contributed by atoms with van der Waals surface area (Å²) in [6, 6.07) is 9.17. The van der Waals surface area contributed by atoms with Gasteiger partial charge in [0.2, 0.25) is 5.91 Å². The van der Waals surface area contributed by atoms with Crippen LogP contribution in [0.25, 0.3) is 0 Å². The number of amides is 1. The number of likely N-dealkylation sites (tertiary alicyclic amines) is 1. The fourth-order valence-corrected chi connectivity index (χ4v) is 2.53. The molecule has 1 fully saturated rings. The minimum atomic E-state index is -0.882. The summed E-state index contributed by atoms with van der Waals surface area (Å²) in [4.78, 5) is 24.8. The van der Waals surface area contributed by atoms with Gasteiger partial charge >= 0.3 is 5.97 Å². The van der Waals surface area contributed by atoms with Gasteiger partial charge in [-0.3, -0.25) is 4.79 Å². The van der Waals surface area contributed by atoms with Crippen LogP contribution < -0.4 is 0 Å². The minimum absolute atomic E-state index is 0.0454. The molecule has 102 valence electrons. The van der Waals surface area contributed by atoms with Crippen LogP contribution in [0.1, 0.15) is 31.2 Å². The van der Waals surface area contributed by atoms with Gasteiger partial charge in [-0.25, -0.2) is 4.79 Å². The van der Waals surface area contributed by atoms with Crippen molar-refractivity contribution < 1.29 is 14.7 Å². The number of hydrogen-bond acceptors (Lipinski definition) is 2. The number of rotatable bonds is 4. The molecule has 4 nitrogen and oxygen atoms in total. The number of carbonyl (C=O) groups is 2. The van der Waals surface area contributed by atoms with Gasteiger partial charge in [0.05, 0.1) is 0 Å². The predicted molar refractivity (Wildman–Crippen MR) is 71.8 cm³/mol. The van der Waals surface area contributed by atoms with Crippen molar-refractivity contribution in [1.29, 1.82) is 0 Å². The summed E-state index contributed by atoms with van der Waals surface area (Å²) in [5.74, 6) is -0.927. The van der Waals surface area contributed by atoms with E-state index in [1.807, 2.05) is 30.3 Å². The lowest BCUT2D eigenvalue weighted by molar-refractivity contribution is -0.152. The Hall–Kier alpha value is -1.84. The van der Waals surface area contributed by atoms with E-state index in [9.17, 15) is 9.59 Å². The monoisotopic (exact) mass is 261 g/mol. The fraction of sp³-hybridized carbons (Fsp3) is 0.467. The second-order valence-corrected chi connectivity index (χ2v) is 4.92. The smallest absolute Gasteiger partial charge is 0.326 e. The summed E-state index contributed by atoms with van der Waals surface area (Å²) in [5.41, 5.74) is 1.11. The summed E-state index contributed by atoms with van der Waals surface area (Å²) in [6.45, 7) is 0.574. The topological polar surface area (TPSA) is 57.6 Å². The molecule has 0 bridgehead atoms. The number of nitrogens with zero attached hydrogens (tertiary/aromatic N) is 1. The molecule has 0 aliphatic carbocycles. The lowest BCUT2D eigenvalue weighted by Crippen LogP contribution is -2.48. The highest BCUT2D eigenvalue weighted by atomic mass is 16.4. The van der Waals surface area contributed by atoms with Crippen LogP contribution in [-0.4, -0.2) is 34.5 Å². The molecule has 2 rings (SSSR count). The number of benzene rings is 1. The number of aryl methyl sites for hydroxylation is 1. The van der Waals surface area contributed by atoms with Gasteiger partial charge in [0, 0.05) is 13.0 Å². The maximum Gasteiger partial charge on any atom is 0.326 e. The van der Waals surface area contributed by atoms with Crippen molar-refractivity contribution in [2.75, 3.05) is 6.54 Å². The molecule has 0 spiro atoms. The van der Waals surface area contributed by atoms with Gasteiger partial charge in [0.25, 0.3) is 0 Å². The molecule has 1 N–H and O–H groups in total. The maximum absolute atomic E-state index is 12.1. The Labute approximate surface area is 113 Å². The van der Waals surface area contributed by atoms with Crippen LogP contribution in [0.3, 0.4) is 0 Å².